The lowest BCUT2D eigenvalue weighted by molar-refractivity contribution is -0.123. The smallest absolute Gasteiger partial charge is 0.234 e. The molecule has 0 bridgehead atoms. The zero-order chi connectivity index (χ0) is 15.9. The molecule has 1 aliphatic heterocycles. The Kier molecular flexibility index (Phi) is 6.39. The summed E-state index contributed by atoms with van der Waals surface area (Å²) in [5, 5.41) is 2.95. The molecule has 0 unspecified atom stereocenters. The predicted octanol–water partition coefficient (Wildman–Crippen LogP) is 0.588. The van der Waals surface area contributed by atoms with E-state index in [0.29, 0.717) is 6.54 Å². The normalized spacial score (nSPS) is 17.1. The van der Waals surface area contributed by atoms with Gasteiger partial charge in [0.2, 0.25) is 5.91 Å². The molecule has 1 saturated heterocycles. The van der Waals surface area contributed by atoms with Crippen molar-refractivity contribution in [3.63, 3.8) is 0 Å². The summed E-state index contributed by atoms with van der Waals surface area (Å²) in [6.45, 7) is 12.7. The highest BCUT2D eigenvalue weighted by Gasteiger charge is 2.19. The number of hydrogen-bond acceptors (Lipinski definition) is 4. The molecule has 6 nitrogen and oxygen atoms in total. The molecule has 1 aromatic rings. The lowest BCUT2D eigenvalue weighted by atomic mass is 10.3. The van der Waals surface area contributed by atoms with Crippen molar-refractivity contribution in [2.75, 3.05) is 39.3 Å². The van der Waals surface area contributed by atoms with Gasteiger partial charge in [0, 0.05) is 64.1 Å². The molecule has 124 valence electrons. The van der Waals surface area contributed by atoms with E-state index in [9.17, 15) is 4.79 Å². The molecule has 0 atom stereocenters. The number of aromatic nitrogens is 2. The summed E-state index contributed by atoms with van der Waals surface area (Å²) in [5.74, 6) is 1.29. The number of aryl methyl sites for hydroxylation is 1. The fourth-order valence-corrected chi connectivity index (χ4v) is 2.85. The molecular formula is C16H29N5O. The second-order valence-electron chi connectivity index (χ2n) is 6.23. The van der Waals surface area contributed by atoms with Gasteiger partial charge >= 0.3 is 0 Å². The van der Waals surface area contributed by atoms with Crippen molar-refractivity contribution in [2.45, 2.75) is 39.8 Å². The summed E-state index contributed by atoms with van der Waals surface area (Å²) < 4.78 is 2.24. The molecule has 0 saturated carbocycles. The average molecular weight is 307 g/mol. The summed E-state index contributed by atoms with van der Waals surface area (Å²) in [6, 6.07) is 0.219. The van der Waals surface area contributed by atoms with Crippen LogP contribution in [-0.4, -0.2) is 70.6 Å². The molecule has 0 aliphatic carbocycles. The van der Waals surface area contributed by atoms with Gasteiger partial charge in [0.15, 0.2) is 0 Å². The monoisotopic (exact) mass is 307 g/mol. The van der Waals surface area contributed by atoms with Gasteiger partial charge in [-0.2, -0.15) is 0 Å². The van der Waals surface area contributed by atoms with Gasteiger partial charge in [-0.05, 0) is 13.8 Å². The van der Waals surface area contributed by atoms with E-state index in [-0.39, 0.29) is 11.9 Å². The van der Waals surface area contributed by atoms with E-state index in [1.807, 2.05) is 20.0 Å². The van der Waals surface area contributed by atoms with E-state index in [0.717, 1.165) is 51.5 Å². The Labute approximate surface area is 133 Å². The number of rotatable bonds is 7. The number of nitrogens with one attached hydrogen (secondary N) is 1. The fourth-order valence-electron chi connectivity index (χ4n) is 2.85. The molecule has 2 heterocycles. The van der Waals surface area contributed by atoms with Gasteiger partial charge in [-0.15, -0.1) is 0 Å². The summed E-state index contributed by atoms with van der Waals surface area (Å²) >= 11 is 0. The van der Waals surface area contributed by atoms with Crippen molar-refractivity contribution >= 4 is 5.91 Å². The first-order valence-electron chi connectivity index (χ1n) is 8.32. The first kappa shape index (κ1) is 17.0. The highest BCUT2D eigenvalue weighted by atomic mass is 16.2. The van der Waals surface area contributed by atoms with Crippen LogP contribution in [0.15, 0.2) is 12.4 Å². The number of piperazine rings is 1. The summed E-state index contributed by atoms with van der Waals surface area (Å²) in [4.78, 5) is 20.8. The van der Waals surface area contributed by atoms with Crippen LogP contribution in [0.25, 0.3) is 0 Å². The fraction of sp³-hybridized carbons (Fsp3) is 0.750. The standard InChI is InChI=1S/C16H29N5O/c1-4-15-17-5-6-21(15)12-11-19-7-9-20(10-8-19)13-16(22)18-14(2)3/h5-6,14H,4,7-13H2,1-3H3,(H,18,22). The Morgan fingerprint density at radius 1 is 1.23 bits per heavy atom. The van der Waals surface area contributed by atoms with Crippen LogP contribution in [0.1, 0.15) is 26.6 Å². The number of nitrogens with zero attached hydrogens (tertiary/aromatic N) is 4. The minimum Gasteiger partial charge on any atom is -0.353 e. The van der Waals surface area contributed by atoms with E-state index in [1.54, 1.807) is 0 Å². The van der Waals surface area contributed by atoms with Crippen LogP contribution in [0.2, 0.25) is 0 Å². The third-order valence-corrected chi connectivity index (χ3v) is 4.06. The topological polar surface area (TPSA) is 53.4 Å². The quantitative estimate of drug-likeness (QED) is 0.801. The largest absolute Gasteiger partial charge is 0.353 e. The molecule has 1 aromatic heterocycles. The predicted molar refractivity (Wildman–Crippen MR) is 87.8 cm³/mol. The van der Waals surface area contributed by atoms with Gasteiger partial charge < -0.3 is 9.88 Å². The van der Waals surface area contributed by atoms with Crippen molar-refractivity contribution in [3.8, 4) is 0 Å². The van der Waals surface area contributed by atoms with Crippen LogP contribution in [0.5, 0.6) is 0 Å². The van der Waals surface area contributed by atoms with Crippen LogP contribution in [0, 0.1) is 0 Å². The van der Waals surface area contributed by atoms with Gasteiger partial charge in [0.05, 0.1) is 6.54 Å². The van der Waals surface area contributed by atoms with Gasteiger partial charge in [-0.25, -0.2) is 4.98 Å². The maximum atomic E-state index is 11.8. The molecule has 6 heteroatoms. The van der Waals surface area contributed by atoms with Crippen LogP contribution >= 0.6 is 0 Å². The van der Waals surface area contributed by atoms with Crippen molar-refractivity contribution < 1.29 is 4.79 Å². The molecule has 0 radical (unpaired) electrons. The van der Waals surface area contributed by atoms with E-state index in [2.05, 4.69) is 37.8 Å². The Bertz CT molecular complexity index is 463. The molecule has 1 aliphatic rings. The summed E-state index contributed by atoms with van der Waals surface area (Å²) in [6.07, 6.45) is 4.92. The van der Waals surface area contributed by atoms with Crippen molar-refractivity contribution in [1.82, 2.24) is 24.7 Å². The van der Waals surface area contributed by atoms with E-state index < -0.39 is 0 Å². The molecule has 1 amide bonds. The molecule has 2 rings (SSSR count). The molecule has 0 spiro atoms. The van der Waals surface area contributed by atoms with Gasteiger partial charge in [0.25, 0.3) is 0 Å². The van der Waals surface area contributed by atoms with Crippen LogP contribution in [0.4, 0.5) is 0 Å². The molecular weight excluding hydrogens is 278 g/mol. The Balaban J connectivity index is 1.68. The number of hydrogen-bond donors (Lipinski definition) is 1. The number of imidazole rings is 1. The highest BCUT2D eigenvalue weighted by molar-refractivity contribution is 5.78. The molecule has 1 fully saturated rings. The second kappa shape index (κ2) is 8.29. The van der Waals surface area contributed by atoms with Crippen molar-refractivity contribution in [3.05, 3.63) is 18.2 Å². The number of carbonyl (C=O) groups excluding carboxylic acids is 1. The zero-order valence-corrected chi connectivity index (χ0v) is 14.1. The van der Waals surface area contributed by atoms with E-state index in [1.165, 1.54) is 0 Å². The third-order valence-electron chi connectivity index (χ3n) is 4.06. The number of amides is 1. The lowest BCUT2D eigenvalue weighted by Crippen LogP contribution is -2.50. The SMILES string of the molecule is CCc1nccn1CCN1CCN(CC(=O)NC(C)C)CC1. The minimum atomic E-state index is 0.134. The zero-order valence-electron chi connectivity index (χ0n) is 14.1. The van der Waals surface area contributed by atoms with Gasteiger partial charge in [0.1, 0.15) is 5.82 Å². The van der Waals surface area contributed by atoms with Crippen LogP contribution < -0.4 is 5.32 Å². The van der Waals surface area contributed by atoms with Crippen molar-refractivity contribution in [2.24, 2.45) is 0 Å². The van der Waals surface area contributed by atoms with Crippen LogP contribution in [-0.2, 0) is 17.8 Å². The molecule has 0 aromatic carbocycles. The summed E-state index contributed by atoms with van der Waals surface area (Å²) in [7, 11) is 0. The third kappa shape index (κ3) is 5.10. The Morgan fingerprint density at radius 3 is 2.55 bits per heavy atom. The maximum absolute atomic E-state index is 11.8. The van der Waals surface area contributed by atoms with Crippen molar-refractivity contribution in [1.29, 1.82) is 0 Å². The Morgan fingerprint density at radius 2 is 1.91 bits per heavy atom. The number of carbonyl (C=O) groups is 1. The maximum Gasteiger partial charge on any atom is 0.234 e. The first-order valence-corrected chi connectivity index (χ1v) is 8.32. The lowest BCUT2D eigenvalue weighted by Gasteiger charge is -2.34. The average Bonchev–Trinajstić information content (AvgIpc) is 2.93. The minimum absolute atomic E-state index is 0.134. The Hall–Kier alpha value is -1.40. The summed E-state index contributed by atoms with van der Waals surface area (Å²) in [5.41, 5.74) is 0. The first-order chi connectivity index (χ1) is 10.6. The molecule has 1 N–H and O–H groups in total. The van der Waals surface area contributed by atoms with Crippen LogP contribution in [0.3, 0.4) is 0 Å². The van der Waals surface area contributed by atoms with E-state index in [4.69, 9.17) is 0 Å². The van der Waals surface area contributed by atoms with Gasteiger partial charge in [-0.1, -0.05) is 6.92 Å². The molecule has 22 heavy (non-hydrogen) atoms. The highest BCUT2D eigenvalue weighted by Crippen LogP contribution is 2.04. The second-order valence-corrected chi connectivity index (χ2v) is 6.23. The van der Waals surface area contributed by atoms with Gasteiger partial charge in [-0.3, -0.25) is 14.6 Å². The van der Waals surface area contributed by atoms with E-state index >= 15 is 0 Å².